The summed E-state index contributed by atoms with van der Waals surface area (Å²) >= 11 is 0. The molecule has 0 heterocycles. The van der Waals surface area contributed by atoms with Crippen LogP contribution in [0.2, 0.25) is 0 Å². The van der Waals surface area contributed by atoms with Crippen LogP contribution >= 0.6 is 0 Å². The SMILES string of the molecule is CC12CC(=O)C3C(CCC(=O)[C@]3(C)CCC(=O)NCc3cccc(F)c3)C1CCC2=O. The van der Waals surface area contributed by atoms with E-state index in [1.807, 2.05) is 13.8 Å². The van der Waals surface area contributed by atoms with E-state index in [1.54, 1.807) is 12.1 Å². The number of nitrogens with one attached hydrogen (secondary N) is 1. The largest absolute Gasteiger partial charge is 0.352 e. The second-order valence-corrected chi connectivity index (χ2v) is 10.1. The first kappa shape index (κ1) is 21.8. The first-order chi connectivity index (χ1) is 14.6. The summed E-state index contributed by atoms with van der Waals surface area (Å²) in [5, 5.41) is 2.78. The van der Waals surface area contributed by atoms with Crippen molar-refractivity contribution in [1.82, 2.24) is 5.32 Å². The molecule has 0 saturated heterocycles. The van der Waals surface area contributed by atoms with Gasteiger partial charge in [0, 0.05) is 49.0 Å². The van der Waals surface area contributed by atoms with Gasteiger partial charge in [0.05, 0.1) is 0 Å². The number of carbonyl (C=O) groups excluding carboxylic acids is 4. The molecule has 3 saturated carbocycles. The smallest absolute Gasteiger partial charge is 0.220 e. The second kappa shape index (κ2) is 7.95. The lowest BCUT2D eigenvalue weighted by atomic mass is 9.48. The number of amides is 1. The maximum atomic E-state index is 13.3. The molecule has 1 amide bonds. The number of benzene rings is 1. The topological polar surface area (TPSA) is 80.3 Å². The Kier molecular flexibility index (Phi) is 5.61. The lowest BCUT2D eigenvalue weighted by Gasteiger charge is -2.52. The Morgan fingerprint density at radius 3 is 2.61 bits per heavy atom. The highest BCUT2D eigenvalue weighted by Gasteiger charge is 2.62. The van der Waals surface area contributed by atoms with Crippen LogP contribution in [0.5, 0.6) is 0 Å². The average molecular weight is 428 g/mol. The third-order valence-electron chi connectivity index (χ3n) is 8.25. The Morgan fingerprint density at radius 2 is 1.87 bits per heavy atom. The Bertz CT molecular complexity index is 943. The first-order valence-corrected chi connectivity index (χ1v) is 11.3. The highest BCUT2D eigenvalue weighted by molar-refractivity contribution is 5.99. The number of hydrogen-bond donors (Lipinski definition) is 1. The quantitative estimate of drug-likeness (QED) is 0.776. The minimum atomic E-state index is -0.872. The van der Waals surface area contributed by atoms with Crippen molar-refractivity contribution in [2.75, 3.05) is 0 Å². The van der Waals surface area contributed by atoms with Crippen molar-refractivity contribution in [2.45, 2.75) is 65.3 Å². The van der Waals surface area contributed by atoms with Crippen LogP contribution in [0.4, 0.5) is 4.39 Å². The van der Waals surface area contributed by atoms with Crippen molar-refractivity contribution in [3.8, 4) is 0 Å². The third kappa shape index (κ3) is 3.74. The van der Waals surface area contributed by atoms with Crippen molar-refractivity contribution >= 4 is 23.3 Å². The van der Waals surface area contributed by atoms with Gasteiger partial charge in [-0.25, -0.2) is 4.39 Å². The fraction of sp³-hybridized carbons (Fsp3) is 0.600. The van der Waals surface area contributed by atoms with Crippen LogP contribution in [0.1, 0.15) is 64.4 Å². The van der Waals surface area contributed by atoms with E-state index in [0.717, 1.165) is 6.42 Å². The monoisotopic (exact) mass is 427 g/mol. The van der Waals surface area contributed by atoms with Crippen LogP contribution < -0.4 is 5.32 Å². The fourth-order valence-electron chi connectivity index (χ4n) is 6.51. The van der Waals surface area contributed by atoms with Crippen molar-refractivity contribution in [1.29, 1.82) is 0 Å². The molecule has 3 fully saturated rings. The number of rotatable bonds is 5. The van der Waals surface area contributed by atoms with Crippen LogP contribution in [-0.2, 0) is 25.7 Å². The lowest BCUT2D eigenvalue weighted by Crippen LogP contribution is -2.56. The van der Waals surface area contributed by atoms with Gasteiger partial charge in [-0.3, -0.25) is 19.2 Å². The molecule has 3 aliphatic rings. The summed E-state index contributed by atoms with van der Waals surface area (Å²) in [4.78, 5) is 51.2. The summed E-state index contributed by atoms with van der Waals surface area (Å²) in [5.41, 5.74) is -0.786. The van der Waals surface area contributed by atoms with Gasteiger partial charge in [0.15, 0.2) is 0 Å². The zero-order chi connectivity index (χ0) is 22.4. The Morgan fingerprint density at radius 1 is 1.13 bits per heavy atom. The summed E-state index contributed by atoms with van der Waals surface area (Å²) in [6.45, 7) is 3.98. The van der Waals surface area contributed by atoms with Crippen molar-refractivity contribution in [2.24, 2.45) is 28.6 Å². The fourth-order valence-corrected chi connectivity index (χ4v) is 6.51. The van der Waals surface area contributed by atoms with E-state index in [9.17, 15) is 23.6 Å². The molecular formula is C25H30FNO4. The number of ketones is 3. The molecule has 5 nitrogen and oxygen atoms in total. The zero-order valence-corrected chi connectivity index (χ0v) is 18.2. The Labute approximate surface area is 182 Å². The van der Waals surface area contributed by atoms with Gasteiger partial charge in [-0.15, -0.1) is 0 Å². The first-order valence-electron chi connectivity index (χ1n) is 11.3. The Hall–Kier alpha value is -2.37. The summed E-state index contributed by atoms with van der Waals surface area (Å²) < 4.78 is 13.3. The number of fused-ring (bicyclic) bond motifs is 3. The predicted octanol–water partition coefficient (Wildman–Crippen LogP) is 3.78. The second-order valence-electron chi connectivity index (χ2n) is 10.1. The van der Waals surface area contributed by atoms with Gasteiger partial charge in [-0.05, 0) is 48.8 Å². The molecule has 0 bridgehead atoms. The van der Waals surface area contributed by atoms with Gasteiger partial charge in [0.1, 0.15) is 23.2 Å². The molecule has 5 atom stereocenters. The van der Waals surface area contributed by atoms with E-state index in [1.165, 1.54) is 12.1 Å². The van der Waals surface area contributed by atoms with Crippen LogP contribution in [0.3, 0.4) is 0 Å². The van der Waals surface area contributed by atoms with Crippen LogP contribution in [0, 0.1) is 34.4 Å². The van der Waals surface area contributed by atoms with Crippen LogP contribution in [0.15, 0.2) is 24.3 Å². The zero-order valence-electron chi connectivity index (χ0n) is 18.2. The number of carbonyl (C=O) groups is 4. The molecule has 31 heavy (non-hydrogen) atoms. The van der Waals surface area contributed by atoms with Gasteiger partial charge >= 0.3 is 0 Å². The van der Waals surface area contributed by atoms with E-state index < -0.39 is 16.7 Å². The Balaban J connectivity index is 1.45. The lowest BCUT2D eigenvalue weighted by molar-refractivity contribution is -0.160. The molecule has 4 rings (SSSR count). The van der Waals surface area contributed by atoms with Crippen LogP contribution in [0.25, 0.3) is 0 Å². The molecule has 3 aliphatic carbocycles. The maximum Gasteiger partial charge on any atom is 0.220 e. The standard InChI is InChI=1S/C25H30FNO4/c1-24(11-10-22(31)27-14-15-4-3-5-16(26)12-15)20(29)8-6-17-18-7-9-21(30)25(18,2)13-19(28)23(17)24/h3-5,12,17-18,23H,6-11,13-14H2,1-2H3,(H,27,31)/t17?,18?,23?,24-,25?/m0/s1. The minimum absolute atomic E-state index is 0.00900. The van der Waals surface area contributed by atoms with Gasteiger partial charge in [-0.1, -0.05) is 26.0 Å². The van der Waals surface area contributed by atoms with Gasteiger partial charge in [0.25, 0.3) is 0 Å². The van der Waals surface area contributed by atoms with Crippen molar-refractivity contribution in [3.05, 3.63) is 35.6 Å². The van der Waals surface area contributed by atoms with E-state index in [4.69, 9.17) is 0 Å². The van der Waals surface area contributed by atoms with Crippen LogP contribution in [-0.4, -0.2) is 23.3 Å². The molecule has 0 aromatic heterocycles. The molecule has 6 heteroatoms. The number of hydrogen-bond acceptors (Lipinski definition) is 4. The summed E-state index contributed by atoms with van der Waals surface area (Å²) in [5.74, 6) is -0.556. The summed E-state index contributed by atoms with van der Waals surface area (Å²) in [6, 6.07) is 6.05. The van der Waals surface area contributed by atoms with Crippen molar-refractivity contribution < 1.29 is 23.6 Å². The molecule has 166 valence electrons. The molecule has 0 aliphatic heterocycles. The van der Waals surface area contributed by atoms with E-state index in [2.05, 4.69) is 5.32 Å². The van der Waals surface area contributed by atoms with Gasteiger partial charge in [0.2, 0.25) is 5.91 Å². The molecule has 0 radical (unpaired) electrons. The summed E-state index contributed by atoms with van der Waals surface area (Å²) in [7, 11) is 0. The molecule has 1 N–H and O–H groups in total. The maximum absolute atomic E-state index is 13.3. The minimum Gasteiger partial charge on any atom is -0.352 e. The molecule has 1 aromatic carbocycles. The van der Waals surface area contributed by atoms with Crippen molar-refractivity contribution in [3.63, 3.8) is 0 Å². The molecule has 0 spiro atoms. The average Bonchev–Trinajstić information content (AvgIpc) is 3.02. The highest BCUT2D eigenvalue weighted by atomic mass is 19.1. The van der Waals surface area contributed by atoms with E-state index >= 15 is 0 Å². The normalized spacial score (nSPS) is 34.9. The van der Waals surface area contributed by atoms with Gasteiger partial charge < -0.3 is 5.32 Å². The number of Topliss-reactive ketones (excluding diaryl/α,β-unsaturated/α-hetero) is 3. The van der Waals surface area contributed by atoms with E-state index in [-0.39, 0.29) is 60.3 Å². The van der Waals surface area contributed by atoms with E-state index in [0.29, 0.717) is 31.2 Å². The molecular weight excluding hydrogens is 397 g/mol. The molecule has 4 unspecified atom stereocenters. The predicted molar refractivity (Wildman–Crippen MR) is 112 cm³/mol. The molecule has 1 aromatic rings. The van der Waals surface area contributed by atoms with Gasteiger partial charge in [-0.2, -0.15) is 0 Å². The summed E-state index contributed by atoms with van der Waals surface area (Å²) in [6.07, 6.45) is 3.03. The number of halogens is 1. The third-order valence-corrected chi connectivity index (χ3v) is 8.25. The highest BCUT2D eigenvalue weighted by Crippen LogP contribution is 2.60.